The van der Waals surface area contributed by atoms with Gasteiger partial charge < -0.3 is 20.2 Å². The molecule has 0 bridgehead atoms. The first kappa shape index (κ1) is 15.7. The van der Waals surface area contributed by atoms with Crippen LogP contribution in [0.1, 0.15) is 25.7 Å². The average Bonchev–Trinajstić information content (AvgIpc) is 3.23. The smallest absolute Gasteiger partial charge is 0.325 e. The summed E-state index contributed by atoms with van der Waals surface area (Å²) in [4.78, 5) is 16.3. The Labute approximate surface area is 122 Å². The predicted molar refractivity (Wildman–Crippen MR) is 79.9 cm³/mol. The van der Waals surface area contributed by atoms with Crippen molar-refractivity contribution in [1.29, 1.82) is 0 Å². The number of carboxylic acids is 1. The SMILES string of the molecule is CNC(CN(C)CC1CCN(C)CC1)(C(=O)O)C1CC1. The summed E-state index contributed by atoms with van der Waals surface area (Å²) in [7, 11) is 6.02. The van der Waals surface area contributed by atoms with Gasteiger partial charge in [0.15, 0.2) is 0 Å². The highest BCUT2D eigenvalue weighted by Crippen LogP contribution is 2.40. The third kappa shape index (κ3) is 3.51. The summed E-state index contributed by atoms with van der Waals surface area (Å²) < 4.78 is 0. The van der Waals surface area contributed by atoms with Crippen LogP contribution in [0.5, 0.6) is 0 Å². The number of hydrogen-bond acceptors (Lipinski definition) is 4. The van der Waals surface area contributed by atoms with E-state index in [9.17, 15) is 9.90 Å². The van der Waals surface area contributed by atoms with Crippen LogP contribution in [0.3, 0.4) is 0 Å². The molecule has 1 atom stereocenters. The van der Waals surface area contributed by atoms with Gasteiger partial charge in [0.25, 0.3) is 0 Å². The first-order valence-corrected chi connectivity index (χ1v) is 7.77. The van der Waals surface area contributed by atoms with E-state index in [0.29, 0.717) is 18.4 Å². The van der Waals surface area contributed by atoms with Crippen molar-refractivity contribution in [1.82, 2.24) is 15.1 Å². The number of hydrogen-bond donors (Lipinski definition) is 2. The highest BCUT2D eigenvalue weighted by atomic mass is 16.4. The first-order valence-electron chi connectivity index (χ1n) is 7.77. The normalized spacial score (nSPS) is 24.8. The van der Waals surface area contributed by atoms with Gasteiger partial charge in [0.1, 0.15) is 5.54 Å². The fraction of sp³-hybridized carbons (Fsp3) is 0.933. The van der Waals surface area contributed by atoms with Crippen LogP contribution in [0.2, 0.25) is 0 Å². The maximum atomic E-state index is 11.7. The van der Waals surface area contributed by atoms with Crippen molar-refractivity contribution in [2.24, 2.45) is 11.8 Å². The molecule has 1 saturated heterocycles. The van der Waals surface area contributed by atoms with Crippen LogP contribution in [0.25, 0.3) is 0 Å². The second-order valence-corrected chi connectivity index (χ2v) is 6.74. The van der Waals surface area contributed by atoms with Crippen LogP contribution in [0.15, 0.2) is 0 Å². The molecule has 20 heavy (non-hydrogen) atoms. The summed E-state index contributed by atoms with van der Waals surface area (Å²) in [6.45, 7) is 3.95. The van der Waals surface area contributed by atoms with Crippen LogP contribution in [-0.4, -0.2) is 73.7 Å². The molecule has 5 nitrogen and oxygen atoms in total. The zero-order valence-corrected chi connectivity index (χ0v) is 13.1. The molecule has 1 saturated carbocycles. The van der Waals surface area contributed by atoms with E-state index in [-0.39, 0.29) is 0 Å². The van der Waals surface area contributed by atoms with Crippen molar-refractivity contribution < 1.29 is 9.90 Å². The Kier molecular flexibility index (Phi) is 5.04. The minimum absolute atomic E-state index is 0.296. The van der Waals surface area contributed by atoms with Crippen LogP contribution in [0, 0.1) is 11.8 Å². The van der Waals surface area contributed by atoms with Crippen LogP contribution in [0.4, 0.5) is 0 Å². The summed E-state index contributed by atoms with van der Waals surface area (Å²) in [5.74, 6) is 0.307. The first-order chi connectivity index (χ1) is 9.48. The number of nitrogens with zero attached hydrogens (tertiary/aromatic N) is 2. The van der Waals surface area contributed by atoms with Crippen LogP contribution < -0.4 is 5.32 Å². The van der Waals surface area contributed by atoms with Gasteiger partial charge in [-0.25, -0.2) is 0 Å². The molecular formula is C15H29N3O2. The Morgan fingerprint density at radius 1 is 1.35 bits per heavy atom. The Morgan fingerprint density at radius 3 is 2.40 bits per heavy atom. The molecule has 1 aliphatic carbocycles. The van der Waals surface area contributed by atoms with Gasteiger partial charge in [-0.15, -0.1) is 0 Å². The van der Waals surface area contributed by atoms with E-state index in [1.165, 1.54) is 12.8 Å². The number of rotatable bonds is 7. The van der Waals surface area contributed by atoms with Crippen LogP contribution in [-0.2, 0) is 4.79 Å². The molecule has 1 unspecified atom stereocenters. The molecular weight excluding hydrogens is 254 g/mol. The summed E-state index contributed by atoms with van der Waals surface area (Å²) in [6, 6.07) is 0. The highest BCUT2D eigenvalue weighted by molar-refractivity contribution is 5.80. The number of carbonyl (C=O) groups is 1. The highest BCUT2D eigenvalue weighted by Gasteiger charge is 2.50. The molecule has 2 aliphatic rings. The Morgan fingerprint density at radius 2 is 1.95 bits per heavy atom. The molecule has 0 amide bonds. The average molecular weight is 283 g/mol. The molecule has 0 aromatic carbocycles. The van der Waals surface area contributed by atoms with Gasteiger partial charge in [-0.2, -0.15) is 0 Å². The monoisotopic (exact) mass is 283 g/mol. The number of likely N-dealkylation sites (tertiary alicyclic amines) is 1. The molecule has 0 aromatic rings. The van der Waals surface area contributed by atoms with E-state index in [4.69, 9.17) is 0 Å². The zero-order chi connectivity index (χ0) is 14.8. The molecule has 0 radical (unpaired) electrons. The molecule has 1 heterocycles. The minimum atomic E-state index is -0.750. The summed E-state index contributed by atoms with van der Waals surface area (Å²) in [5.41, 5.74) is -0.750. The predicted octanol–water partition coefficient (Wildman–Crippen LogP) is 0.713. The van der Waals surface area contributed by atoms with Crippen molar-refractivity contribution in [3.05, 3.63) is 0 Å². The van der Waals surface area contributed by atoms with E-state index >= 15 is 0 Å². The zero-order valence-electron chi connectivity index (χ0n) is 13.1. The molecule has 116 valence electrons. The number of nitrogens with one attached hydrogen (secondary N) is 1. The molecule has 1 aliphatic heterocycles. The van der Waals surface area contributed by atoms with Gasteiger partial charge in [-0.3, -0.25) is 4.79 Å². The van der Waals surface area contributed by atoms with Crippen molar-refractivity contribution in [2.45, 2.75) is 31.2 Å². The Balaban J connectivity index is 1.88. The third-order valence-corrected chi connectivity index (χ3v) is 5.03. The fourth-order valence-electron chi connectivity index (χ4n) is 3.51. The largest absolute Gasteiger partial charge is 0.480 e. The second kappa shape index (κ2) is 6.41. The van der Waals surface area contributed by atoms with Crippen molar-refractivity contribution in [3.63, 3.8) is 0 Å². The molecule has 2 N–H and O–H groups in total. The van der Waals surface area contributed by atoms with Crippen molar-refractivity contribution >= 4 is 5.97 Å². The lowest BCUT2D eigenvalue weighted by Crippen LogP contribution is -2.59. The Hall–Kier alpha value is -0.650. The molecule has 0 aromatic heterocycles. The van der Waals surface area contributed by atoms with E-state index in [0.717, 1.165) is 32.5 Å². The minimum Gasteiger partial charge on any atom is -0.480 e. The van der Waals surface area contributed by atoms with Gasteiger partial charge in [0.05, 0.1) is 0 Å². The van der Waals surface area contributed by atoms with Gasteiger partial charge in [0, 0.05) is 13.1 Å². The quantitative estimate of drug-likeness (QED) is 0.721. The number of piperidine rings is 1. The molecule has 0 spiro atoms. The maximum absolute atomic E-state index is 11.7. The fourth-order valence-corrected chi connectivity index (χ4v) is 3.51. The Bertz CT molecular complexity index is 338. The lowest BCUT2D eigenvalue weighted by Gasteiger charge is -2.36. The van der Waals surface area contributed by atoms with Gasteiger partial charge >= 0.3 is 5.97 Å². The van der Waals surface area contributed by atoms with Crippen LogP contribution >= 0.6 is 0 Å². The van der Waals surface area contributed by atoms with Gasteiger partial charge in [-0.1, -0.05) is 0 Å². The van der Waals surface area contributed by atoms with E-state index in [2.05, 4.69) is 29.2 Å². The standard InChI is InChI=1S/C15H29N3O2/c1-16-15(14(19)20,13-4-5-13)11-18(3)10-12-6-8-17(2)9-7-12/h12-13,16H,4-11H2,1-3H3,(H,19,20). The van der Waals surface area contributed by atoms with Crippen molar-refractivity contribution in [3.8, 4) is 0 Å². The molecule has 2 fully saturated rings. The number of aliphatic carboxylic acids is 1. The number of likely N-dealkylation sites (N-methyl/N-ethyl adjacent to an activating group) is 2. The molecule has 2 rings (SSSR count). The van der Waals surface area contributed by atoms with E-state index in [1.54, 1.807) is 7.05 Å². The summed E-state index contributed by atoms with van der Waals surface area (Å²) in [6.07, 6.45) is 4.53. The van der Waals surface area contributed by atoms with Gasteiger partial charge in [0.2, 0.25) is 0 Å². The summed E-state index contributed by atoms with van der Waals surface area (Å²) in [5, 5.41) is 12.7. The van der Waals surface area contributed by atoms with Crippen molar-refractivity contribution in [2.75, 3.05) is 47.3 Å². The summed E-state index contributed by atoms with van der Waals surface area (Å²) >= 11 is 0. The maximum Gasteiger partial charge on any atom is 0.325 e. The lowest BCUT2D eigenvalue weighted by atomic mass is 9.91. The number of carboxylic acid groups (broad SMARTS) is 1. The lowest BCUT2D eigenvalue weighted by molar-refractivity contribution is -0.146. The topological polar surface area (TPSA) is 55.8 Å². The van der Waals surface area contributed by atoms with E-state index < -0.39 is 11.5 Å². The third-order valence-electron chi connectivity index (χ3n) is 5.03. The molecule has 5 heteroatoms. The van der Waals surface area contributed by atoms with E-state index in [1.807, 2.05) is 0 Å². The second-order valence-electron chi connectivity index (χ2n) is 6.74. The van der Waals surface area contributed by atoms with Gasteiger partial charge in [-0.05, 0) is 71.8 Å².